The smallest absolute Gasteiger partial charge is 0.117 e. The monoisotopic (exact) mass is 127 g/mol. The molecule has 0 bridgehead atoms. The van der Waals surface area contributed by atoms with Crippen LogP contribution < -0.4 is 0 Å². The molecule has 0 amide bonds. The maximum Gasteiger partial charge on any atom is 0.117 e. The van der Waals surface area contributed by atoms with Crippen LogP contribution in [-0.4, -0.2) is 0 Å². The summed E-state index contributed by atoms with van der Waals surface area (Å²) in [5.41, 5.74) is 0. The number of furan rings is 1. The Hall–Kier alpha value is -0.370. The minimum atomic E-state index is 0.102. The van der Waals surface area contributed by atoms with Gasteiger partial charge in [0, 0.05) is 0 Å². The van der Waals surface area contributed by atoms with Gasteiger partial charge in [-0.2, -0.15) is 0 Å². The lowest BCUT2D eigenvalue weighted by Gasteiger charge is -1.92. The van der Waals surface area contributed by atoms with Gasteiger partial charge in [0.15, 0.2) is 0 Å². The molecule has 1 nitrogen and oxygen atoms in total. The Morgan fingerprint density at radius 3 is 2.75 bits per heavy atom. The SMILES string of the molecule is CC([S])c1ccco1. The molecule has 8 heavy (non-hydrogen) atoms. The van der Waals surface area contributed by atoms with Crippen LogP contribution in [0.5, 0.6) is 0 Å². The van der Waals surface area contributed by atoms with Crippen LogP contribution in [0.2, 0.25) is 0 Å². The fourth-order valence-corrected chi connectivity index (χ4v) is 0.657. The summed E-state index contributed by atoms with van der Waals surface area (Å²) in [6.07, 6.45) is 1.64. The van der Waals surface area contributed by atoms with Crippen LogP contribution in [-0.2, 0) is 0 Å². The highest BCUT2D eigenvalue weighted by Gasteiger charge is 1.99. The van der Waals surface area contributed by atoms with Gasteiger partial charge in [-0.25, -0.2) is 0 Å². The van der Waals surface area contributed by atoms with Gasteiger partial charge in [-0.15, -0.1) is 0 Å². The van der Waals surface area contributed by atoms with E-state index >= 15 is 0 Å². The molecule has 0 saturated carbocycles. The van der Waals surface area contributed by atoms with Gasteiger partial charge < -0.3 is 4.42 Å². The predicted octanol–water partition coefficient (Wildman–Crippen LogP) is 2.54. The van der Waals surface area contributed by atoms with E-state index in [4.69, 9.17) is 17.0 Å². The fraction of sp³-hybridized carbons (Fsp3) is 0.333. The molecule has 1 unspecified atom stereocenters. The zero-order valence-electron chi connectivity index (χ0n) is 4.63. The molecular formula is C6H7OS. The van der Waals surface area contributed by atoms with E-state index in [2.05, 4.69) is 0 Å². The van der Waals surface area contributed by atoms with Crippen molar-refractivity contribution in [3.05, 3.63) is 24.2 Å². The molecule has 1 atom stereocenters. The van der Waals surface area contributed by atoms with Gasteiger partial charge in [0.25, 0.3) is 0 Å². The topological polar surface area (TPSA) is 13.1 Å². The van der Waals surface area contributed by atoms with Crippen molar-refractivity contribution in [2.75, 3.05) is 0 Å². The van der Waals surface area contributed by atoms with Gasteiger partial charge in [-0.05, 0) is 19.1 Å². The first kappa shape index (κ1) is 5.76. The van der Waals surface area contributed by atoms with Crippen molar-refractivity contribution in [3.8, 4) is 0 Å². The Kier molecular flexibility index (Phi) is 1.63. The van der Waals surface area contributed by atoms with E-state index in [9.17, 15) is 0 Å². The minimum Gasteiger partial charge on any atom is -0.468 e. The van der Waals surface area contributed by atoms with E-state index in [1.54, 1.807) is 6.26 Å². The maximum atomic E-state index is 4.99. The molecule has 0 aliphatic heterocycles. The summed E-state index contributed by atoms with van der Waals surface area (Å²) >= 11 is 4.91. The molecule has 2 heteroatoms. The summed E-state index contributed by atoms with van der Waals surface area (Å²) in [6, 6.07) is 3.73. The molecule has 0 fully saturated rings. The standard InChI is InChI=1S/C6H7OS/c1-5(8)6-3-2-4-7-6/h2-5H,1H3. The van der Waals surface area contributed by atoms with Gasteiger partial charge in [0.1, 0.15) is 5.76 Å². The fourth-order valence-electron chi connectivity index (χ4n) is 0.523. The zero-order chi connectivity index (χ0) is 5.98. The highest BCUT2D eigenvalue weighted by Crippen LogP contribution is 2.17. The van der Waals surface area contributed by atoms with Crippen molar-refractivity contribution in [2.45, 2.75) is 12.2 Å². The first-order valence-electron chi connectivity index (χ1n) is 2.50. The molecule has 0 aliphatic rings. The van der Waals surface area contributed by atoms with Crippen molar-refractivity contribution < 1.29 is 4.42 Å². The van der Waals surface area contributed by atoms with E-state index in [1.165, 1.54) is 0 Å². The highest BCUT2D eigenvalue weighted by atomic mass is 32.1. The molecule has 1 aromatic rings. The van der Waals surface area contributed by atoms with Crippen molar-refractivity contribution in [1.29, 1.82) is 0 Å². The summed E-state index contributed by atoms with van der Waals surface area (Å²) in [4.78, 5) is 0. The van der Waals surface area contributed by atoms with E-state index < -0.39 is 0 Å². The van der Waals surface area contributed by atoms with Gasteiger partial charge in [0.05, 0.1) is 11.5 Å². The molecule has 0 N–H and O–H groups in total. The van der Waals surface area contributed by atoms with Crippen LogP contribution in [0.3, 0.4) is 0 Å². The summed E-state index contributed by atoms with van der Waals surface area (Å²) < 4.78 is 4.99. The van der Waals surface area contributed by atoms with Gasteiger partial charge >= 0.3 is 0 Å². The quantitative estimate of drug-likeness (QED) is 0.565. The highest BCUT2D eigenvalue weighted by molar-refractivity contribution is 7.80. The van der Waals surface area contributed by atoms with Gasteiger partial charge in [-0.3, -0.25) is 0 Å². The third-order valence-corrected chi connectivity index (χ3v) is 1.18. The lowest BCUT2D eigenvalue weighted by molar-refractivity contribution is 0.513. The van der Waals surface area contributed by atoms with Crippen LogP contribution in [0.15, 0.2) is 22.8 Å². The number of hydrogen-bond donors (Lipinski definition) is 0. The largest absolute Gasteiger partial charge is 0.468 e. The third-order valence-electron chi connectivity index (χ3n) is 0.944. The second-order valence-electron chi connectivity index (χ2n) is 1.66. The van der Waals surface area contributed by atoms with E-state index in [-0.39, 0.29) is 5.25 Å². The van der Waals surface area contributed by atoms with E-state index in [0.29, 0.717) is 0 Å². The normalized spacial score (nSPS) is 13.8. The Bertz CT molecular complexity index is 144. The molecular weight excluding hydrogens is 120 g/mol. The number of rotatable bonds is 1. The molecule has 0 aromatic carbocycles. The summed E-state index contributed by atoms with van der Waals surface area (Å²) in [7, 11) is 0. The van der Waals surface area contributed by atoms with Crippen LogP contribution >= 0.6 is 12.6 Å². The first-order valence-corrected chi connectivity index (χ1v) is 2.97. The molecule has 1 radical (unpaired) electrons. The van der Waals surface area contributed by atoms with Crippen molar-refractivity contribution in [2.24, 2.45) is 0 Å². The summed E-state index contributed by atoms with van der Waals surface area (Å²) in [6.45, 7) is 1.92. The van der Waals surface area contributed by atoms with E-state index in [0.717, 1.165) is 5.76 Å². The lowest BCUT2D eigenvalue weighted by atomic mass is 10.4. The minimum absolute atomic E-state index is 0.102. The third kappa shape index (κ3) is 1.07. The molecule has 0 aliphatic carbocycles. The van der Waals surface area contributed by atoms with Crippen molar-refractivity contribution in [1.82, 2.24) is 0 Å². The maximum absolute atomic E-state index is 4.99. The molecule has 0 saturated heterocycles. The second-order valence-corrected chi connectivity index (χ2v) is 2.36. The molecule has 0 spiro atoms. The lowest BCUT2D eigenvalue weighted by Crippen LogP contribution is -1.75. The molecule has 1 aromatic heterocycles. The van der Waals surface area contributed by atoms with Crippen molar-refractivity contribution in [3.63, 3.8) is 0 Å². The Morgan fingerprint density at radius 1 is 1.75 bits per heavy atom. The van der Waals surface area contributed by atoms with Crippen LogP contribution in [0.4, 0.5) is 0 Å². The second kappa shape index (κ2) is 2.27. The van der Waals surface area contributed by atoms with Gasteiger partial charge in [0.2, 0.25) is 0 Å². The van der Waals surface area contributed by atoms with E-state index in [1.807, 2.05) is 19.1 Å². The average molecular weight is 127 g/mol. The summed E-state index contributed by atoms with van der Waals surface area (Å²) in [5.74, 6) is 0.875. The average Bonchev–Trinajstić information content (AvgIpc) is 2.12. The van der Waals surface area contributed by atoms with Gasteiger partial charge in [-0.1, -0.05) is 12.6 Å². The Morgan fingerprint density at radius 2 is 2.50 bits per heavy atom. The summed E-state index contributed by atoms with van der Waals surface area (Å²) in [5, 5.41) is 0.102. The van der Waals surface area contributed by atoms with Crippen LogP contribution in [0.25, 0.3) is 0 Å². The zero-order valence-corrected chi connectivity index (χ0v) is 5.44. The molecule has 1 rings (SSSR count). The van der Waals surface area contributed by atoms with Crippen LogP contribution in [0, 0.1) is 0 Å². The molecule has 1 heterocycles. The Labute approximate surface area is 54.1 Å². The van der Waals surface area contributed by atoms with Crippen molar-refractivity contribution >= 4 is 12.6 Å². The first-order chi connectivity index (χ1) is 3.80. The predicted molar refractivity (Wildman–Crippen MR) is 34.7 cm³/mol. The van der Waals surface area contributed by atoms with Crippen LogP contribution in [0.1, 0.15) is 17.9 Å². The number of hydrogen-bond acceptors (Lipinski definition) is 1. The Balaban J connectivity index is 2.77. The molecule has 43 valence electrons.